The molecule has 8 nitrogen and oxygen atoms in total. The summed E-state index contributed by atoms with van der Waals surface area (Å²) in [6.45, 7) is 1.02. The quantitative estimate of drug-likeness (QED) is 0.290. The Morgan fingerprint density at radius 1 is 1.28 bits per heavy atom. The van der Waals surface area contributed by atoms with Crippen LogP contribution in [-0.2, 0) is 13.9 Å². The Balaban J connectivity index is 2.67. The molecule has 1 saturated heterocycles. The van der Waals surface area contributed by atoms with Crippen molar-refractivity contribution in [2.45, 2.75) is 23.6 Å². The van der Waals surface area contributed by atoms with Gasteiger partial charge in [-0.2, -0.15) is 12.6 Å². The minimum absolute atomic E-state index is 0.0174. The van der Waals surface area contributed by atoms with Gasteiger partial charge in [0.15, 0.2) is 5.85 Å². The van der Waals surface area contributed by atoms with Crippen molar-refractivity contribution < 1.29 is 33.4 Å². The van der Waals surface area contributed by atoms with E-state index in [-0.39, 0.29) is 5.25 Å². The molecule has 0 saturated carbocycles. The fourth-order valence-corrected chi connectivity index (χ4v) is 4.32. The summed E-state index contributed by atoms with van der Waals surface area (Å²) in [7, 11) is -9.28. The molecule has 1 heterocycles. The van der Waals surface area contributed by atoms with Crippen LogP contribution in [-0.4, -0.2) is 56.0 Å². The van der Waals surface area contributed by atoms with Crippen molar-refractivity contribution in [3.05, 3.63) is 0 Å². The third kappa shape index (κ3) is 6.14. The van der Waals surface area contributed by atoms with Gasteiger partial charge in [0, 0.05) is 18.3 Å². The van der Waals surface area contributed by atoms with Crippen LogP contribution in [0.15, 0.2) is 0 Å². The van der Waals surface area contributed by atoms with E-state index in [2.05, 4.69) is 17.9 Å². The maximum atomic E-state index is 11.2. The van der Waals surface area contributed by atoms with E-state index in [4.69, 9.17) is 24.3 Å². The Morgan fingerprint density at radius 2 is 1.89 bits per heavy atom. The van der Waals surface area contributed by atoms with Gasteiger partial charge < -0.3 is 29.6 Å². The van der Waals surface area contributed by atoms with Crippen LogP contribution in [0.3, 0.4) is 0 Å². The van der Waals surface area contributed by atoms with Crippen LogP contribution in [0.4, 0.5) is 0 Å². The minimum Gasteiger partial charge on any atom is -0.360 e. The average molecular weight is 321 g/mol. The summed E-state index contributed by atoms with van der Waals surface area (Å²) < 4.78 is 27.1. The molecule has 0 aromatic heterocycles. The number of piperidine rings is 1. The Labute approximate surface area is 110 Å². The molecule has 0 aromatic rings. The zero-order valence-electron chi connectivity index (χ0n) is 9.42. The molecule has 11 heteroatoms. The van der Waals surface area contributed by atoms with Crippen molar-refractivity contribution >= 4 is 27.8 Å². The van der Waals surface area contributed by atoms with Crippen molar-refractivity contribution in [3.63, 3.8) is 0 Å². The molecule has 3 atom stereocenters. The number of thiol groups is 1. The largest absolute Gasteiger partial charge is 0.360 e. The molecule has 0 aromatic carbocycles. The van der Waals surface area contributed by atoms with Gasteiger partial charge in [-0.25, -0.2) is 0 Å². The number of ether oxygens (including phenoxy) is 1. The average Bonchev–Trinajstić information content (AvgIpc) is 2.13. The first-order chi connectivity index (χ1) is 8.08. The van der Waals surface area contributed by atoms with Gasteiger partial charge >= 0.3 is 15.2 Å². The topological polar surface area (TPSA) is 136 Å². The first-order valence-electron chi connectivity index (χ1n) is 5.22. The second-order valence-electron chi connectivity index (χ2n) is 4.20. The molecule has 1 aliphatic rings. The van der Waals surface area contributed by atoms with Gasteiger partial charge in [0.25, 0.3) is 0 Å². The second kappa shape index (κ2) is 6.35. The van der Waals surface area contributed by atoms with Gasteiger partial charge in [-0.15, -0.1) is 0 Å². The van der Waals surface area contributed by atoms with E-state index in [1.807, 2.05) is 0 Å². The highest BCUT2D eigenvalue weighted by Crippen LogP contribution is 2.49. The summed E-state index contributed by atoms with van der Waals surface area (Å²) in [5.41, 5.74) is 0. The minimum atomic E-state index is -4.73. The van der Waals surface area contributed by atoms with Crippen molar-refractivity contribution in [3.8, 4) is 0 Å². The highest BCUT2D eigenvalue weighted by atomic mass is 32.1. The molecular formula is C7H17NO7P2S. The lowest BCUT2D eigenvalue weighted by Gasteiger charge is -2.31. The molecule has 1 rings (SSSR count). The van der Waals surface area contributed by atoms with Crippen LogP contribution in [0.5, 0.6) is 0 Å². The lowest BCUT2D eigenvalue weighted by molar-refractivity contribution is 0.0138. The summed E-state index contributed by atoms with van der Waals surface area (Å²) in [5, 5.41) is 2.94. The molecule has 0 spiro atoms. The normalized spacial score (nSPS) is 28.1. The summed E-state index contributed by atoms with van der Waals surface area (Å²) in [6.07, 6.45) is -1.05. The molecule has 5 N–H and O–H groups in total. The molecule has 18 heavy (non-hydrogen) atoms. The molecule has 1 aliphatic heterocycles. The second-order valence-corrected chi connectivity index (χ2v) is 8.38. The fourth-order valence-electron chi connectivity index (χ4n) is 1.64. The molecule has 1 fully saturated rings. The van der Waals surface area contributed by atoms with Gasteiger partial charge in [0.05, 0.1) is 12.3 Å². The molecule has 0 aliphatic carbocycles. The lowest BCUT2D eigenvalue weighted by Crippen LogP contribution is -2.43. The smallest absolute Gasteiger partial charge is 0.354 e. The Bertz CT molecular complexity index is 369. The third-order valence-electron chi connectivity index (χ3n) is 2.41. The first kappa shape index (κ1) is 16.6. The SMILES string of the molecule is O=P(O)(O)CC(OC1CNCC(S)C1)P(=O)(O)O. The van der Waals surface area contributed by atoms with E-state index < -0.39 is 33.3 Å². The van der Waals surface area contributed by atoms with Crippen LogP contribution in [0.1, 0.15) is 6.42 Å². The number of hydrogen-bond acceptors (Lipinski definition) is 5. The third-order valence-corrected chi connectivity index (χ3v) is 4.95. The zero-order valence-corrected chi connectivity index (χ0v) is 12.1. The Kier molecular flexibility index (Phi) is 5.86. The number of nitrogens with one attached hydrogen (secondary N) is 1. The highest BCUT2D eigenvalue weighted by Gasteiger charge is 2.38. The number of rotatable bonds is 5. The maximum Gasteiger partial charge on any atom is 0.354 e. The Morgan fingerprint density at radius 3 is 2.33 bits per heavy atom. The van der Waals surface area contributed by atoms with E-state index in [0.29, 0.717) is 19.5 Å². The van der Waals surface area contributed by atoms with Crippen LogP contribution >= 0.6 is 27.8 Å². The van der Waals surface area contributed by atoms with Gasteiger partial charge in [-0.1, -0.05) is 0 Å². The van der Waals surface area contributed by atoms with Crippen molar-refractivity contribution in [1.82, 2.24) is 5.32 Å². The van der Waals surface area contributed by atoms with Gasteiger partial charge in [0.1, 0.15) is 0 Å². The van der Waals surface area contributed by atoms with E-state index >= 15 is 0 Å². The summed E-state index contributed by atoms with van der Waals surface area (Å²) >= 11 is 4.21. The molecule has 0 bridgehead atoms. The molecule has 0 radical (unpaired) electrons. The van der Waals surface area contributed by atoms with Gasteiger partial charge in [-0.3, -0.25) is 9.13 Å². The molecule has 0 amide bonds. The van der Waals surface area contributed by atoms with Crippen LogP contribution in [0.2, 0.25) is 0 Å². The monoisotopic (exact) mass is 321 g/mol. The zero-order chi connectivity index (χ0) is 14.0. The standard InChI is InChI=1S/C7H17NO7P2S/c9-16(10,11)4-7(17(12,13)14)15-5-1-6(18)3-8-2-5/h5-8,18H,1-4H2,(H2,9,10,11)(H2,12,13,14). The molecule has 108 valence electrons. The first-order valence-corrected chi connectivity index (χ1v) is 9.21. The van der Waals surface area contributed by atoms with Crippen molar-refractivity contribution in [1.29, 1.82) is 0 Å². The van der Waals surface area contributed by atoms with Crippen LogP contribution in [0.25, 0.3) is 0 Å². The number of hydrogen-bond donors (Lipinski definition) is 6. The predicted octanol–water partition coefficient (Wildman–Crippen LogP) is -0.655. The molecule has 3 unspecified atom stereocenters. The molecular weight excluding hydrogens is 304 g/mol. The Hall–Kier alpha value is 0.570. The van der Waals surface area contributed by atoms with E-state index in [9.17, 15) is 9.13 Å². The van der Waals surface area contributed by atoms with E-state index in [1.54, 1.807) is 0 Å². The van der Waals surface area contributed by atoms with E-state index in [0.717, 1.165) is 0 Å². The summed E-state index contributed by atoms with van der Waals surface area (Å²) in [4.78, 5) is 35.7. The van der Waals surface area contributed by atoms with Crippen molar-refractivity contribution in [2.75, 3.05) is 19.3 Å². The van der Waals surface area contributed by atoms with E-state index in [1.165, 1.54) is 0 Å². The van der Waals surface area contributed by atoms with Gasteiger partial charge in [-0.05, 0) is 6.42 Å². The van der Waals surface area contributed by atoms with Crippen molar-refractivity contribution in [2.24, 2.45) is 0 Å². The predicted molar refractivity (Wildman–Crippen MR) is 67.9 cm³/mol. The van der Waals surface area contributed by atoms with Gasteiger partial charge in [0.2, 0.25) is 0 Å². The summed E-state index contributed by atoms with van der Waals surface area (Å²) in [6, 6.07) is 0. The highest BCUT2D eigenvalue weighted by molar-refractivity contribution is 7.81. The maximum absolute atomic E-state index is 11.2. The summed E-state index contributed by atoms with van der Waals surface area (Å²) in [5.74, 6) is -1.79. The lowest BCUT2D eigenvalue weighted by atomic mass is 10.1. The fraction of sp³-hybridized carbons (Fsp3) is 1.00. The van der Waals surface area contributed by atoms with Crippen LogP contribution in [0, 0.1) is 0 Å². The van der Waals surface area contributed by atoms with Crippen LogP contribution < -0.4 is 5.32 Å².